The number of amides is 1. The number of hydrogen-bond donors (Lipinski definition) is 2. The molecule has 0 fully saturated rings. The van der Waals surface area contributed by atoms with Crippen LogP contribution in [0.3, 0.4) is 0 Å². The molecule has 0 rings (SSSR count). The van der Waals surface area contributed by atoms with Crippen molar-refractivity contribution >= 4 is 11.7 Å². The number of carbonyl (C=O) groups is 2. The van der Waals surface area contributed by atoms with Crippen molar-refractivity contribution in [1.29, 1.82) is 0 Å². The van der Waals surface area contributed by atoms with Crippen molar-refractivity contribution < 1.29 is 9.59 Å². The van der Waals surface area contributed by atoms with E-state index in [0.717, 1.165) is 77.4 Å². The molecule has 0 aromatic carbocycles. The summed E-state index contributed by atoms with van der Waals surface area (Å²) >= 11 is 0. The summed E-state index contributed by atoms with van der Waals surface area (Å²) in [6.07, 6.45) is 13.1. The van der Waals surface area contributed by atoms with Crippen LogP contribution in [0, 0.1) is 0 Å². The first-order chi connectivity index (χ1) is 11.7. The molecule has 0 spiro atoms. The van der Waals surface area contributed by atoms with E-state index in [1.54, 1.807) is 0 Å². The van der Waals surface area contributed by atoms with Gasteiger partial charge in [0.05, 0.1) is 0 Å². The normalized spacial score (nSPS) is 10.8. The van der Waals surface area contributed by atoms with Gasteiger partial charge in [-0.15, -0.1) is 0 Å². The van der Waals surface area contributed by atoms with E-state index in [1.165, 1.54) is 19.3 Å². The number of ketones is 1. The summed E-state index contributed by atoms with van der Waals surface area (Å²) in [6, 6.07) is 0. The first-order valence-corrected chi connectivity index (χ1v) is 10.2. The van der Waals surface area contributed by atoms with Crippen LogP contribution >= 0.6 is 0 Å². The third kappa shape index (κ3) is 17.5. The molecule has 24 heavy (non-hydrogen) atoms. The van der Waals surface area contributed by atoms with E-state index in [-0.39, 0.29) is 5.91 Å². The van der Waals surface area contributed by atoms with Gasteiger partial charge in [0.15, 0.2) is 0 Å². The van der Waals surface area contributed by atoms with Crippen LogP contribution in [0.1, 0.15) is 97.3 Å². The van der Waals surface area contributed by atoms with Crippen LogP contribution in [-0.2, 0) is 9.59 Å². The zero-order valence-corrected chi connectivity index (χ0v) is 16.1. The molecule has 0 aliphatic carbocycles. The van der Waals surface area contributed by atoms with Gasteiger partial charge >= 0.3 is 0 Å². The lowest BCUT2D eigenvalue weighted by Crippen LogP contribution is -2.24. The first kappa shape index (κ1) is 23.1. The van der Waals surface area contributed by atoms with E-state index in [4.69, 9.17) is 0 Å². The number of unbranched alkanes of at least 4 members (excludes halogenated alkanes) is 6. The highest BCUT2D eigenvalue weighted by Gasteiger charge is 2.02. The highest BCUT2D eigenvalue weighted by molar-refractivity contribution is 5.78. The molecule has 0 aromatic heterocycles. The molecule has 4 nitrogen and oxygen atoms in total. The molecule has 0 saturated carbocycles. The SMILES string of the molecule is CCCNCCCCCCC(=O)NCCCCCCC(=O)CCC. The first-order valence-electron chi connectivity index (χ1n) is 10.2. The maximum absolute atomic E-state index is 11.7. The largest absolute Gasteiger partial charge is 0.356 e. The monoisotopic (exact) mass is 340 g/mol. The summed E-state index contributed by atoms with van der Waals surface area (Å²) in [5.74, 6) is 0.587. The number of Topliss-reactive ketones (excluding diaryl/α,β-unsaturated/α-hetero) is 1. The fraction of sp³-hybridized carbons (Fsp3) is 0.900. The van der Waals surface area contributed by atoms with Gasteiger partial charge in [-0.3, -0.25) is 9.59 Å². The predicted octanol–water partition coefficient (Wildman–Crippen LogP) is 4.37. The Balaban J connectivity index is 3.22. The van der Waals surface area contributed by atoms with Crippen molar-refractivity contribution in [2.45, 2.75) is 97.3 Å². The van der Waals surface area contributed by atoms with Gasteiger partial charge in [0.25, 0.3) is 0 Å². The van der Waals surface area contributed by atoms with Crippen LogP contribution in [0.4, 0.5) is 0 Å². The maximum atomic E-state index is 11.7. The average molecular weight is 341 g/mol. The zero-order chi connectivity index (χ0) is 17.9. The van der Waals surface area contributed by atoms with E-state index < -0.39 is 0 Å². The van der Waals surface area contributed by atoms with E-state index in [9.17, 15) is 9.59 Å². The second kappa shape index (κ2) is 18.4. The van der Waals surface area contributed by atoms with Crippen molar-refractivity contribution in [3.8, 4) is 0 Å². The summed E-state index contributed by atoms with van der Waals surface area (Å²) in [7, 11) is 0. The third-order valence-corrected chi connectivity index (χ3v) is 4.17. The molecule has 0 aliphatic rings. The van der Waals surface area contributed by atoms with Crippen LogP contribution < -0.4 is 10.6 Å². The van der Waals surface area contributed by atoms with E-state index in [2.05, 4.69) is 17.6 Å². The molecule has 4 heteroatoms. The van der Waals surface area contributed by atoms with Crippen LogP contribution in [-0.4, -0.2) is 31.3 Å². The Hall–Kier alpha value is -0.900. The number of hydrogen-bond acceptors (Lipinski definition) is 3. The summed E-state index contributed by atoms with van der Waals surface area (Å²) in [4.78, 5) is 23.1. The van der Waals surface area contributed by atoms with Crippen molar-refractivity contribution in [2.24, 2.45) is 0 Å². The molecule has 142 valence electrons. The highest BCUT2D eigenvalue weighted by Crippen LogP contribution is 2.06. The Labute approximate surface area is 149 Å². The third-order valence-electron chi connectivity index (χ3n) is 4.17. The molecule has 2 N–H and O–H groups in total. The number of rotatable bonds is 18. The van der Waals surface area contributed by atoms with Gasteiger partial charge in [-0.2, -0.15) is 0 Å². The van der Waals surface area contributed by atoms with Crippen molar-refractivity contribution in [2.75, 3.05) is 19.6 Å². The smallest absolute Gasteiger partial charge is 0.219 e. The van der Waals surface area contributed by atoms with Gasteiger partial charge in [0, 0.05) is 25.8 Å². The minimum Gasteiger partial charge on any atom is -0.356 e. The second-order valence-electron chi connectivity index (χ2n) is 6.72. The van der Waals surface area contributed by atoms with Gasteiger partial charge in [0.1, 0.15) is 5.78 Å². The van der Waals surface area contributed by atoms with E-state index in [1.807, 2.05) is 6.92 Å². The van der Waals surface area contributed by atoms with Gasteiger partial charge in [-0.05, 0) is 51.6 Å². The molecule has 0 aliphatic heterocycles. The molecule has 0 unspecified atom stereocenters. The Morgan fingerprint density at radius 3 is 1.92 bits per heavy atom. The van der Waals surface area contributed by atoms with Crippen molar-refractivity contribution in [3.05, 3.63) is 0 Å². The molecular weight excluding hydrogens is 300 g/mol. The summed E-state index contributed by atoms with van der Waals surface area (Å²) in [6.45, 7) is 7.22. The lowest BCUT2D eigenvalue weighted by molar-refractivity contribution is -0.121. The van der Waals surface area contributed by atoms with Crippen molar-refractivity contribution in [3.63, 3.8) is 0 Å². The lowest BCUT2D eigenvalue weighted by Gasteiger charge is -2.06. The molecule has 0 heterocycles. The second-order valence-corrected chi connectivity index (χ2v) is 6.72. The molecular formula is C20H40N2O2. The lowest BCUT2D eigenvalue weighted by atomic mass is 10.1. The Morgan fingerprint density at radius 1 is 0.625 bits per heavy atom. The van der Waals surface area contributed by atoms with Crippen molar-refractivity contribution in [1.82, 2.24) is 10.6 Å². The fourth-order valence-corrected chi connectivity index (χ4v) is 2.71. The standard InChI is InChI=1S/C20H40N2O2/c1-3-13-19(23)14-9-5-8-12-18-22-20(24)15-10-6-7-11-17-21-16-4-2/h21H,3-18H2,1-2H3,(H,22,24). The summed E-state index contributed by atoms with van der Waals surface area (Å²) in [5.41, 5.74) is 0. The quantitative estimate of drug-likeness (QED) is 0.364. The summed E-state index contributed by atoms with van der Waals surface area (Å²) < 4.78 is 0. The van der Waals surface area contributed by atoms with E-state index in [0.29, 0.717) is 12.2 Å². The Kier molecular flexibility index (Phi) is 17.7. The van der Waals surface area contributed by atoms with Gasteiger partial charge < -0.3 is 10.6 Å². The van der Waals surface area contributed by atoms with Crippen LogP contribution in [0.5, 0.6) is 0 Å². The van der Waals surface area contributed by atoms with Crippen LogP contribution in [0.15, 0.2) is 0 Å². The van der Waals surface area contributed by atoms with Gasteiger partial charge in [-0.25, -0.2) is 0 Å². The molecule has 0 saturated heterocycles. The highest BCUT2D eigenvalue weighted by atomic mass is 16.1. The Bertz CT molecular complexity index is 306. The minimum atomic E-state index is 0.192. The average Bonchev–Trinajstić information content (AvgIpc) is 2.56. The molecule has 1 amide bonds. The Morgan fingerprint density at radius 2 is 1.25 bits per heavy atom. The minimum absolute atomic E-state index is 0.192. The van der Waals surface area contributed by atoms with Crippen LogP contribution in [0.25, 0.3) is 0 Å². The van der Waals surface area contributed by atoms with Crippen LogP contribution in [0.2, 0.25) is 0 Å². The topological polar surface area (TPSA) is 58.2 Å². The van der Waals surface area contributed by atoms with Gasteiger partial charge in [0.2, 0.25) is 5.91 Å². The maximum Gasteiger partial charge on any atom is 0.219 e. The summed E-state index contributed by atoms with van der Waals surface area (Å²) in [5, 5.41) is 6.40. The molecule has 0 bridgehead atoms. The molecule has 0 radical (unpaired) electrons. The molecule has 0 atom stereocenters. The molecule has 0 aromatic rings. The zero-order valence-electron chi connectivity index (χ0n) is 16.1. The van der Waals surface area contributed by atoms with E-state index >= 15 is 0 Å². The number of nitrogens with one attached hydrogen (secondary N) is 2. The predicted molar refractivity (Wildman–Crippen MR) is 102 cm³/mol. The number of carbonyl (C=O) groups excluding carboxylic acids is 2. The fourth-order valence-electron chi connectivity index (χ4n) is 2.71. The van der Waals surface area contributed by atoms with Gasteiger partial charge in [-0.1, -0.05) is 39.5 Å².